The number of hydrogen-bond donors (Lipinski definition) is 1. The molecule has 0 aliphatic carbocycles. The molecule has 2 heterocycles. The summed E-state index contributed by atoms with van der Waals surface area (Å²) in [5.41, 5.74) is 1.42. The molecule has 4 heteroatoms. The highest BCUT2D eigenvalue weighted by molar-refractivity contribution is 7.09. The van der Waals surface area contributed by atoms with E-state index in [1.165, 1.54) is 43.2 Å². The highest BCUT2D eigenvalue weighted by Gasteiger charge is 2.20. The average molecular weight is 295 g/mol. The molecule has 1 N–H and O–H groups in total. The fourth-order valence-electron chi connectivity index (χ4n) is 2.69. The standard InChI is InChI=1S/C16H29N3S/c1-5-19(10-13-6-8-17-9-7-13)11-14-12-20-15(18-14)16(2,3)4/h12-13,17H,5-11H2,1-4H3. The molecule has 0 amide bonds. The zero-order valence-electron chi connectivity index (χ0n) is 13.4. The van der Waals surface area contributed by atoms with E-state index in [1.807, 2.05) is 11.3 Å². The molecule has 1 fully saturated rings. The Morgan fingerprint density at radius 3 is 2.60 bits per heavy atom. The van der Waals surface area contributed by atoms with Crippen LogP contribution < -0.4 is 5.32 Å². The molecule has 0 bridgehead atoms. The molecule has 0 spiro atoms. The van der Waals surface area contributed by atoms with E-state index in [0.29, 0.717) is 0 Å². The lowest BCUT2D eigenvalue weighted by Gasteiger charge is -2.28. The maximum absolute atomic E-state index is 4.83. The maximum atomic E-state index is 4.83. The molecule has 2 rings (SSSR count). The van der Waals surface area contributed by atoms with E-state index in [1.54, 1.807) is 0 Å². The fourth-order valence-corrected chi connectivity index (χ4v) is 3.59. The van der Waals surface area contributed by atoms with Crippen molar-refractivity contribution in [2.45, 2.75) is 52.5 Å². The lowest BCUT2D eigenvalue weighted by Crippen LogP contribution is -2.36. The zero-order chi connectivity index (χ0) is 14.6. The van der Waals surface area contributed by atoms with E-state index in [4.69, 9.17) is 4.98 Å². The molecule has 0 radical (unpaired) electrons. The van der Waals surface area contributed by atoms with Crippen molar-refractivity contribution in [2.24, 2.45) is 5.92 Å². The van der Waals surface area contributed by atoms with Crippen molar-refractivity contribution >= 4 is 11.3 Å². The molecule has 0 saturated carbocycles. The normalized spacial score (nSPS) is 17.9. The van der Waals surface area contributed by atoms with Gasteiger partial charge in [0.25, 0.3) is 0 Å². The first kappa shape index (κ1) is 15.9. The largest absolute Gasteiger partial charge is 0.317 e. The maximum Gasteiger partial charge on any atom is 0.0982 e. The van der Waals surface area contributed by atoms with Crippen molar-refractivity contribution in [3.05, 3.63) is 16.1 Å². The van der Waals surface area contributed by atoms with Gasteiger partial charge in [0.2, 0.25) is 0 Å². The van der Waals surface area contributed by atoms with Crippen molar-refractivity contribution in [2.75, 3.05) is 26.2 Å². The minimum absolute atomic E-state index is 0.176. The van der Waals surface area contributed by atoms with Gasteiger partial charge in [-0.2, -0.15) is 0 Å². The molecule has 0 atom stereocenters. The van der Waals surface area contributed by atoms with Crippen molar-refractivity contribution in [1.29, 1.82) is 0 Å². The number of nitrogens with one attached hydrogen (secondary N) is 1. The second kappa shape index (κ2) is 7.01. The third-order valence-corrected chi connectivity index (χ3v) is 5.32. The minimum atomic E-state index is 0.176. The molecular formula is C16H29N3S. The van der Waals surface area contributed by atoms with Gasteiger partial charge in [-0.05, 0) is 38.4 Å². The monoisotopic (exact) mass is 295 g/mol. The topological polar surface area (TPSA) is 28.2 Å². The summed E-state index contributed by atoms with van der Waals surface area (Å²) in [4.78, 5) is 7.38. The Balaban J connectivity index is 1.90. The Labute approximate surface area is 127 Å². The zero-order valence-corrected chi connectivity index (χ0v) is 14.2. The van der Waals surface area contributed by atoms with Crippen LogP contribution in [0.1, 0.15) is 51.2 Å². The summed E-state index contributed by atoms with van der Waals surface area (Å²) in [5, 5.41) is 6.94. The van der Waals surface area contributed by atoms with E-state index in [9.17, 15) is 0 Å². The van der Waals surface area contributed by atoms with Gasteiger partial charge in [-0.3, -0.25) is 4.90 Å². The van der Waals surface area contributed by atoms with Crippen LogP contribution in [0.4, 0.5) is 0 Å². The summed E-state index contributed by atoms with van der Waals surface area (Å²) in [6, 6.07) is 0. The van der Waals surface area contributed by atoms with Crippen LogP contribution in [0.15, 0.2) is 5.38 Å². The predicted octanol–water partition coefficient (Wildman–Crippen LogP) is 3.26. The first-order valence-corrected chi connectivity index (χ1v) is 8.75. The number of nitrogens with zero attached hydrogens (tertiary/aromatic N) is 2. The highest BCUT2D eigenvalue weighted by Crippen LogP contribution is 2.26. The Kier molecular flexibility index (Phi) is 5.58. The molecule has 1 aromatic heterocycles. The third-order valence-electron chi connectivity index (χ3n) is 4.00. The Morgan fingerprint density at radius 1 is 1.35 bits per heavy atom. The molecule has 3 nitrogen and oxygen atoms in total. The van der Waals surface area contributed by atoms with Crippen molar-refractivity contribution in [1.82, 2.24) is 15.2 Å². The van der Waals surface area contributed by atoms with Gasteiger partial charge in [0, 0.05) is 23.9 Å². The Bertz CT molecular complexity index is 402. The van der Waals surface area contributed by atoms with Gasteiger partial charge in [0.05, 0.1) is 10.7 Å². The van der Waals surface area contributed by atoms with Gasteiger partial charge in [0.15, 0.2) is 0 Å². The van der Waals surface area contributed by atoms with Crippen molar-refractivity contribution in [3.63, 3.8) is 0 Å². The fraction of sp³-hybridized carbons (Fsp3) is 0.812. The van der Waals surface area contributed by atoms with Crippen LogP contribution in [0, 0.1) is 5.92 Å². The van der Waals surface area contributed by atoms with Crippen LogP contribution in [-0.4, -0.2) is 36.1 Å². The number of aromatic nitrogens is 1. The summed E-state index contributed by atoms with van der Waals surface area (Å²) >= 11 is 1.81. The highest BCUT2D eigenvalue weighted by atomic mass is 32.1. The van der Waals surface area contributed by atoms with Crippen LogP contribution in [0.2, 0.25) is 0 Å². The van der Waals surface area contributed by atoms with E-state index in [0.717, 1.165) is 19.0 Å². The molecule has 114 valence electrons. The van der Waals surface area contributed by atoms with E-state index >= 15 is 0 Å². The summed E-state index contributed by atoms with van der Waals surface area (Å²) in [7, 11) is 0. The van der Waals surface area contributed by atoms with Crippen LogP contribution in [0.3, 0.4) is 0 Å². The van der Waals surface area contributed by atoms with Gasteiger partial charge < -0.3 is 5.32 Å². The van der Waals surface area contributed by atoms with Gasteiger partial charge in [-0.1, -0.05) is 27.7 Å². The van der Waals surface area contributed by atoms with Gasteiger partial charge >= 0.3 is 0 Å². The van der Waals surface area contributed by atoms with E-state index < -0.39 is 0 Å². The Morgan fingerprint density at radius 2 is 2.05 bits per heavy atom. The number of thiazole rings is 1. The molecule has 1 saturated heterocycles. The molecule has 20 heavy (non-hydrogen) atoms. The van der Waals surface area contributed by atoms with E-state index in [-0.39, 0.29) is 5.41 Å². The average Bonchev–Trinajstić information content (AvgIpc) is 2.87. The summed E-state index contributed by atoms with van der Waals surface area (Å²) in [6.07, 6.45) is 2.64. The summed E-state index contributed by atoms with van der Waals surface area (Å²) in [6.45, 7) is 14.7. The quantitative estimate of drug-likeness (QED) is 0.903. The van der Waals surface area contributed by atoms with Crippen molar-refractivity contribution < 1.29 is 0 Å². The second-order valence-corrected chi connectivity index (χ2v) is 7.77. The number of hydrogen-bond acceptors (Lipinski definition) is 4. The Hall–Kier alpha value is -0.450. The first-order valence-electron chi connectivity index (χ1n) is 7.87. The number of rotatable bonds is 5. The lowest BCUT2D eigenvalue weighted by atomic mass is 9.97. The van der Waals surface area contributed by atoms with Gasteiger partial charge in [0.1, 0.15) is 0 Å². The molecule has 1 aliphatic rings. The molecule has 0 unspecified atom stereocenters. The van der Waals surface area contributed by atoms with Gasteiger partial charge in [-0.15, -0.1) is 11.3 Å². The van der Waals surface area contributed by atoms with Crippen LogP contribution in [0.25, 0.3) is 0 Å². The van der Waals surface area contributed by atoms with Crippen molar-refractivity contribution in [3.8, 4) is 0 Å². The smallest absolute Gasteiger partial charge is 0.0982 e. The first-order chi connectivity index (χ1) is 9.49. The third kappa shape index (κ3) is 4.54. The minimum Gasteiger partial charge on any atom is -0.317 e. The van der Waals surface area contributed by atoms with Crippen LogP contribution >= 0.6 is 11.3 Å². The lowest BCUT2D eigenvalue weighted by molar-refractivity contribution is 0.205. The molecular weight excluding hydrogens is 266 g/mol. The number of piperidine rings is 1. The predicted molar refractivity (Wildman–Crippen MR) is 87.4 cm³/mol. The molecule has 1 aromatic rings. The molecule has 1 aliphatic heterocycles. The van der Waals surface area contributed by atoms with Gasteiger partial charge in [-0.25, -0.2) is 4.98 Å². The summed E-state index contributed by atoms with van der Waals surface area (Å²) in [5.74, 6) is 0.858. The second-order valence-electron chi connectivity index (χ2n) is 6.92. The SMILES string of the molecule is CCN(Cc1csc(C(C)(C)C)n1)CC1CCNCC1. The summed E-state index contributed by atoms with van der Waals surface area (Å²) < 4.78 is 0. The molecule has 0 aromatic carbocycles. The van der Waals surface area contributed by atoms with Crippen LogP contribution in [0.5, 0.6) is 0 Å². The van der Waals surface area contributed by atoms with E-state index in [2.05, 4.69) is 43.3 Å². The van der Waals surface area contributed by atoms with Crippen LogP contribution in [-0.2, 0) is 12.0 Å².